The van der Waals surface area contributed by atoms with Crippen LogP contribution in [0.15, 0.2) is 109 Å². The quantitative estimate of drug-likeness (QED) is 0.234. The maximum atomic E-state index is 9.44. The van der Waals surface area contributed by atoms with Gasteiger partial charge in [0.1, 0.15) is 11.5 Å². The molecule has 5 nitrogen and oxygen atoms in total. The molecule has 0 saturated carbocycles. The molecule has 0 bridgehead atoms. The molecular weight excluding hydrogens is 384 g/mol. The lowest BCUT2D eigenvalue weighted by Gasteiger charge is -2.06. The van der Waals surface area contributed by atoms with Crippen LogP contribution in [0, 0.1) is 0 Å². The molecule has 0 saturated heterocycles. The van der Waals surface area contributed by atoms with E-state index in [0.29, 0.717) is 22.9 Å². The second kappa shape index (κ2) is 9.29. The highest BCUT2D eigenvalue weighted by Gasteiger charge is 2.16. The molecule has 0 aliphatic heterocycles. The second-order valence-electron chi connectivity index (χ2n) is 6.78. The van der Waals surface area contributed by atoms with E-state index in [2.05, 4.69) is 9.58 Å². The van der Waals surface area contributed by atoms with E-state index in [4.69, 9.17) is 4.74 Å². The third-order valence-corrected chi connectivity index (χ3v) is 4.79. The van der Waals surface area contributed by atoms with Gasteiger partial charge in [-0.2, -0.15) is 9.58 Å². The van der Waals surface area contributed by atoms with Crippen molar-refractivity contribution in [2.24, 2.45) is 0 Å². The Morgan fingerprint density at radius 3 is 1.10 bits per heavy atom. The maximum Gasteiger partial charge on any atom is 0.329 e. The third kappa shape index (κ3) is 4.55. The van der Waals surface area contributed by atoms with Crippen molar-refractivity contribution >= 4 is 11.4 Å². The van der Waals surface area contributed by atoms with Crippen molar-refractivity contribution in [2.75, 3.05) is 0 Å². The molecule has 0 unspecified atom stereocenters. The molecule has 31 heavy (non-hydrogen) atoms. The molecule has 0 spiro atoms. The predicted octanol–water partition coefficient (Wildman–Crippen LogP) is 5.61. The van der Waals surface area contributed by atoms with Gasteiger partial charge in [0.25, 0.3) is 0 Å². The zero-order valence-corrected chi connectivity index (χ0v) is 16.6. The number of benzene rings is 4. The summed E-state index contributed by atoms with van der Waals surface area (Å²) in [5.41, 5.74) is 23.1. The molecule has 148 valence electrons. The lowest BCUT2D eigenvalue weighted by Crippen LogP contribution is -2.04. The number of hydrogen-bond donors (Lipinski definition) is 0. The fourth-order valence-electron chi connectivity index (χ4n) is 3.25. The first-order valence-electron chi connectivity index (χ1n) is 9.72. The van der Waals surface area contributed by atoms with Crippen molar-refractivity contribution in [1.29, 1.82) is 0 Å². The summed E-state index contributed by atoms with van der Waals surface area (Å²) in [6.45, 7) is 0. The van der Waals surface area contributed by atoms with Crippen LogP contribution in [0.1, 0.15) is 22.3 Å². The summed E-state index contributed by atoms with van der Waals surface area (Å²) >= 11 is 0. The van der Waals surface area contributed by atoms with Crippen LogP contribution < -0.4 is 4.74 Å². The largest absolute Gasteiger partial charge is 0.457 e. The van der Waals surface area contributed by atoms with Crippen LogP contribution in [0.4, 0.5) is 0 Å². The van der Waals surface area contributed by atoms with Gasteiger partial charge in [-0.1, -0.05) is 36.4 Å². The van der Waals surface area contributed by atoms with Gasteiger partial charge in [-0.25, -0.2) is 0 Å². The normalized spacial score (nSPS) is 9.94. The van der Waals surface area contributed by atoms with Crippen LogP contribution >= 0.6 is 0 Å². The monoisotopic (exact) mass is 402 g/mol. The fraction of sp³-hybridized carbons (Fsp3) is 0. The summed E-state index contributed by atoms with van der Waals surface area (Å²) in [7, 11) is 0. The smallest absolute Gasteiger partial charge is 0.329 e. The van der Waals surface area contributed by atoms with Crippen LogP contribution in [-0.4, -0.2) is 21.0 Å². The van der Waals surface area contributed by atoms with E-state index in [-0.39, 0.29) is 0 Å². The van der Waals surface area contributed by atoms with Gasteiger partial charge in [-0.05, 0) is 72.8 Å². The topological polar surface area (TPSA) is 82.0 Å². The molecular formula is C26H18N4O. The number of nitrogens with zero attached hydrogens (tertiary/aromatic N) is 4. The Kier molecular flexibility index (Phi) is 5.92. The van der Waals surface area contributed by atoms with Crippen molar-refractivity contribution < 1.29 is 14.3 Å². The minimum atomic E-state index is 0.494. The SMILES string of the molecule is [N-]=[N+]=C(c1ccccc1)c1ccc(Oc2ccc(C(=[N+]=[N-])c3ccccc3)cc2)cc1. The summed E-state index contributed by atoms with van der Waals surface area (Å²) < 4.78 is 5.92. The van der Waals surface area contributed by atoms with Crippen LogP contribution in [0.3, 0.4) is 0 Å². The molecule has 0 aromatic heterocycles. The highest BCUT2D eigenvalue weighted by atomic mass is 16.5. The van der Waals surface area contributed by atoms with Gasteiger partial charge >= 0.3 is 11.4 Å². The first-order chi connectivity index (χ1) is 15.3. The maximum absolute atomic E-state index is 9.44. The van der Waals surface area contributed by atoms with Crippen molar-refractivity contribution in [2.45, 2.75) is 0 Å². The van der Waals surface area contributed by atoms with Crippen molar-refractivity contribution in [3.8, 4) is 11.5 Å². The zero-order valence-electron chi connectivity index (χ0n) is 16.6. The van der Waals surface area contributed by atoms with Crippen LogP contribution in [0.5, 0.6) is 11.5 Å². The Labute approximate surface area is 180 Å². The fourth-order valence-corrected chi connectivity index (χ4v) is 3.25. The summed E-state index contributed by atoms with van der Waals surface area (Å²) in [5.74, 6) is 1.31. The van der Waals surface area contributed by atoms with Crippen molar-refractivity contribution in [3.63, 3.8) is 0 Å². The molecule has 0 amide bonds. The highest BCUT2D eigenvalue weighted by molar-refractivity contribution is 6.09. The van der Waals surface area contributed by atoms with E-state index < -0.39 is 0 Å². The van der Waals surface area contributed by atoms with Crippen LogP contribution in [0.2, 0.25) is 0 Å². The molecule has 0 fully saturated rings. The van der Waals surface area contributed by atoms with Crippen LogP contribution in [-0.2, 0) is 0 Å². The van der Waals surface area contributed by atoms with E-state index in [1.165, 1.54) is 0 Å². The zero-order chi connectivity index (χ0) is 21.5. The van der Waals surface area contributed by atoms with Gasteiger partial charge < -0.3 is 15.8 Å². The van der Waals surface area contributed by atoms with Gasteiger partial charge in [-0.3, -0.25) is 0 Å². The van der Waals surface area contributed by atoms with Gasteiger partial charge in [-0.15, -0.1) is 0 Å². The highest BCUT2D eigenvalue weighted by Crippen LogP contribution is 2.23. The van der Waals surface area contributed by atoms with Gasteiger partial charge in [0.15, 0.2) is 0 Å². The Balaban J connectivity index is 1.50. The molecule has 4 rings (SSSR count). The Hall–Kier alpha value is -4.56. The molecule has 0 atom stereocenters. The summed E-state index contributed by atoms with van der Waals surface area (Å²) in [4.78, 5) is 6.89. The van der Waals surface area contributed by atoms with Gasteiger partial charge in [0.05, 0.1) is 22.3 Å². The average Bonchev–Trinajstić information content (AvgIpc) is 2.84. The molecule has 0 N–H and O–H groups in total. The van der Waals surface area contributed by atoms with E-state index in [9.17, 15) is 11.1 Å². The lowest BCUT2D eigenvalue weighted by molar-refractivity contribution is -0.00322. The first-order valence-corrected chi connectivity index (χ1v) is 9.72. The summed E-state index contributed by atoms with van der Waals surface area (Å²) in [6.07, 6.45) is 0. The molecule has 0 aliphatic rings. The van der Waals surface area contributed by atoms with Crippen molar-refractivity contribution in [3.05, 3.63) is 143 Å². The molecule has 0 radical (unpaired) electrons. The molecule has 0 aliphatic carbocycles. The average molecular weight is 402 g/mol. The van der Waals surface area contributed by atoms with Gasteiger partial charge in [0, 0.05) is 0 Å². The molecule has 0 heterocycles. The molecule has 4 aromatic rings. The van der Waals surface area contributed by atoms with Crippen LogP contribution in [0.25, 0.3) is 11.1 Å². The van der Waals surface area contributed by atoms with E-state index in [1.54, 1.807) is 0 Å². The van der Waals surface area contributed by atoms with E-state index in [0.717, 1.165) is 22.3 Å². The van der Waals surface area contributed by atoms with E-state index >= 15 is 0 Å². The van der Waals surface area contributed by atoms with E-state index in [1.807, 2.05) is 109 Å². The Morgan fingerprint density at radius 1 is 0.452 bits per heavy atom. The minimum absolute atomic E-state index is 0.494. The lowest BCUT2D eigenvalue weighted by atomic mass is 10.0. The number of rotatable bonds is 6. The number of hydrogen-bond acceptors (Lipinski definition) is 1. The standard InChI is InChI=1S/C26H18N4O/c27-29-25(19-7-3-1-4-8-19)21-11-15-23(16-12-21)31-24-17-13-22(14-18-24)26(30-28)20-9-5-2-6-10-20/h1-18H. The molecule has 4 aromatic carbocycles. The first kappa shape index (κ1) is 19.7. The third-order valence-electron chi connectivity index (χ3n) is 4.79. The number of ether oxygens (including phenoxy) is 1. The summed E-state index contributed by atoms with van der Waals surface area (Å²) in [5, 5.41) is 0. The second-order valence-corrected chi connectivity index (χ2v) is 6.78. The Morgan fingerprint density at radius 2 is 0.774 bits per heavy atom. The summed E-state index contributed by atoms with van der Waals surface area (Å²) in [6, 6.07) is 33.6. The van der Waals surface area contributed by atoms with Gasteiger partial charge in [0.2, 0.25) is 0 Å². The predicted molar refractivity (Wildman–Crippen MR) is 120 cm³/mol. The minimum Gasteiger partial charge on any atom is -0.457 e. The Bertz CT molecular complexity index is 1170. The van der Waals surface area contributed by atoms with Crippen molar-refractivity contribution in [1.82, 2.24) is 0 Å². The molecule has 5 heteroatoms.